The van der Waals surface area contributed by atoms with E-state index in [4.69, 9.17) is 16.3 Å². The van der Waals surface area contributed by atoms with Gasteiger partial charge in [0.25, 0.3) is 5.76 Å². The van der Waals surface area contributed by atoms with E-state index in [0.29, 0.717) is 10.6 Å². The molecule has 21 heavy (non-hydrogen) atoms. The topological polar surface area (TPSA) is 39.2 Å². The van der Waals surface area contributed by atoms with Crippen LogP contribution in [0.5, 0.6) is 0 Å². The lowest BCUT2D eigenvalue weighted by atomic mass is 10.2. The second-order valence-corrected chi connectivity index (χ2v) is 5.29. The number of halogens is 3. The van der Waals surface area contributed by atoms with Gasteiger partial charge in [-0.3, -0.25) is 0 Å². The molecule has 3 nitrogen and oxygen atoms in total. The highest BCUT2D eigenvalue weighted by Crippen LogP contribution is 2.27. The quantitative estimate of drug-likeness (QED) is 0.602. The van der Waals surface area contributed by atoms with Gasteiger partial charge in [0.2, 0.25) is 0 Å². The van der Waals surface area contributed by atoms with Crippen LogP contribution in [0.3, 0.4) is 0 Å². The Bertz CT molecular complexity index is 640. The Morgan fingerprint density at radius 1 is 1.29 bits per heavy atom. The van der Waals surface area contributed by atoms with Crippen LogP contribution in [0.15, 0.2) is 47.6 Å². The predicted molar refractivity (Wildman–Crippen MR) is 76.7 cm³/mol. The zero-order chi connectivity index (χ0) is 15.2. The van der Waals surface area contributed by atoms with Crippen LogP contribution in [-0.2, 0) is 11.3 Å². The van der Waals surface area contributed by atoms with Crippen LogP contribution in [0.2, 0.25) is 5.02 Å². The van der Waals surface area contributed by atoms with Crippen LogP contribution in [0.1, 0.15) is 15.9 Å². The van der Waals surface area contributed by atoms with Crippen LogP contribution in [0.25, 0.3) is 0 Å². The maximum absolute atomic E-state index is 12.4. The summed E-state index contributed by atoms with van der Waals surface area (Å²) in [5, 5.41) is 0.412. The van der Waals surface area contributed by atoms with Gasteiger partial charge in [0.1, 0.15) is 11.6 Å². The Labute approximate surface area is 129 Å². The van der Waals surface area contributed by atoms with Crippen molar-refractivity contribution in [1.29, 1.82) is 0 Å². The molecular formula is C14H10ClF2NO2S. The normalized spacial score (nSPS) is 10.7. The smallest absolute Gasteiger partial charge is 0.341 e. The van der Waals surface area contributed by atoms with E-state index in [2.05, 4.69) is 4.98 Å². The van der Waals surface area contributed by atoms with Crippen molar-refractivity contribution in [2.24, 2.45) is 0 Å². The van der Waals surface area contributed by atoms with Crippen molar-refractivity contribution in [3.05, 3.63) is 58.7 Å². The molecule has 1 aromatic heterocycles. The van der Waals surface area contributed by atoms with Gasteiger partial charge in [-0.2, -0.15) is 8.78 Å². The number of thioether (sulfide) groups is 1. The van der Waals surface area contributed by atoms with Crippen molar-refractivity contribution in [2.75, 3.05) is 0 Å². The summed E-state index contributed by atoms with van der Waals surface area (Å²) in [4.78, 5) is 15.7. The third kappa shape index (κ3) is 4.41. The summed E-state index contributed by atoms with van der Waals surface area (Å²) < 4.78 is 29.9. The van der Waals surface area contributed by atoms with Crippen molar-refractivity contribution in [3.8, 4) is 0 Å². The summed E-state index contributed by atoms with van der Waals surface area (Å²) in [6, 6.07) is 9.79. The Morgan fingerprint density at radius 2 is 2.05 bits per heavy atom. The molecule has 2 rings (SSSR count). The van der Waals surface area contributed by atoms with E-state index in [-0.39, 0.29) is 29.0 Å². The number of hydrogen-bond donors (Lipinski definition) is 0. The molecular weight excluding hydrogens is 320 g/mol. The van der Waals surface area contributed by atoms with E-state index in [1.54, 1.807) is 24.3 Å². The molecule has 0 aliphatic rings. The fourth-order valence-corrected chi connectivity index (χ4v) is 2.32. The number of rotatable bonds is 5. The number of hydrogen-bond acceptors (Lipinski definition) is 4. The fourth-order valence-electron chi connectivity index (χ4n) is 1.56. The van der Waals surface area contributed by atoms with Crippen molar-refractivity contribution in [1.82, 2.24) is 4.98 Å². The molecule has 0 saturated carbocycles. The average Bonchev–Trinajstić information content (AvgIpc) is 2.46. The minimum atomic E-state index is -2.66. The highest BCUT2D eigenvalue weighted by Gasteiger charge is 2.18. The first-order valence-electron chi connectivity index (χ1n) is 5.88. The number of esters is 1. The number of carbonyl (C=O) groups is 1. The van der Waals surface area contributed by atoms with Gasteiger partial charge in [-0.15, -0.1) is 0 Å². The minimum absolute atomic E-state index is 0.00912. The lowest BCUT2D eigenvalue weighted by Gasteiger charge is -2.09. The Balaban J connectivity index is 2.09. The summed E-state index contributed by atoms with van der Waals surface area (Å²) in [5.41, 5.74) is 0.648. The number of carbonyl (C=O) groups excluding carboxylic acids is 1. The number of pyridine rings is 1. The van der Waals surface area contributed by atoms with Gasteiger partial charge in [-0.05, 0) is 30.0 Å². The van der Waals surface area contributed by atoms with E-state index >= 15 is 0 Å². The molecule has 0 radical (unpaired) electrons. The Kier molecular flexibility index (Phi) is 5.52. The lowest BCUT2D eigenvalue weighted by molar-refractivity contribution is 0.0467. The number of benzene rings is 1. The molecule has 0 fully saturated rings. The molecule has 0 spiro atoms. The van der Waals surface area contributed by atoms with E-state index in [1.165, 1.54) is 18.3 Å². The fraction of sp³-hybridized carbons (Fsp3) is 0.143. The molecule has 0 atom stereocenters. The van der Waals surface area contributed by atoms with Crippen molar-refractivity contribution in [2.45, 2.75) is 17.4 Å². The summed E-state index contributed by atoms with van der Waals surface area (Å²) in [6.07, 6.45) is 1.34. The van der Waals surface area contributed by atoms with Gasteiger partial charge in [-0.1, -0.05) is 29.8 Å². The minimum Gasteiger partial charge on any atom is -0.457 e. The van der Waals surface area contributed by atoms with Crippen molar-refractivity contribution < 1.29 is 18.3 Å². The standard InChI is InChI=1S/C14H10ClF2NO2S/c15-11-6-2-1-4-9(11)8-20-13(19)10-5-3-7-18-12(10)21-14(16)17/h1-7,14H,8H2. The van der Waals surface area contributed by atoms with Crippen LogP contribution in [-0.4, -0.2) is 16.7 Å². The van der Waals surface area contributed by atoms with E-state index in [9.17, 15) is 13.6 Å². The first kappa shape index (κ1) is 15.7. The van der Waals surface area contributed by atoms with E-state index < -0.39 is 11.7 Å². The summed E-state index contributed by atoms with van der Waals surface area (Å²) in [7, 11) is 0. The third-order valence-corrected chi connectivity index (χ3v) is 3.60. The number of ether oxygens (including phenoxy) is 1. The average molecular weight is 330 g/mol. The predicted octanol–water partition coefficient (Wildman–Crippen LogP) is 4.41. The number of nitrogens with zero attached hydrogens (tertiary/aromatic N) is 1. The largest absolute Gasteiger partial charge is 0.457 e. The number of aromatic nitrogens is 1. The van der Waals surface area contributed by atoms with Crippen molar-refractivity contribution in [3.63, 3.8) is 0 Å². The first-order chi connectivity index (χ1) is 10.1. The molecule has 0 bridgehead atoms. The molecule has 110 valence electrons. The van der Waals surface area contributed by atoms with E-state index in [1.807, 2.05) is 0 Å². The third-order valence-electron chi connectivity index (χ3n) is 2.51. The van der Waals surface area contributed by atoms with Crippen LogP contribution in [0.4, 0.5) is 8.78 Å². The van der Waals surface area contributed by atoms with Crippen LogP contribution >= 0.6 is 23.4 Å². The molecule has 0 N–H and O–H groups in total. The van der Waals surface area contributed by atoms with Gasteiger partial charge in [0, 0.05) is 16.8 Å². The summed E-state index contributed by atoms with van der Waals surface area (Å²) >= 11 is 6.15. The second kappa shape index (κ2) is 7.38. The second-order valence-electron chi connectivity index (χ2n) is 3.90. The molecule has 1 heterocycles. The zero-order valence-electron chi connectivity index (χ0n) is 10.6. The van der Waals surface area contributed by atoms with Gasteiger partial charge < -0.3 is 4.74 Å². The molecule has 7 heteroatoms. The molecule has 0 amide bonds. The maximum atomic E-state index is 12.4. The molecule has 0 aliphatic carbocycles. The lowest BCUT2D eigenvalue weighted by Crippen LogP contribution is -2.08. The van der Waals surface area contributed by atoms with Crippen molar-refractivity contribution >= 4 is 29.3 Å². The van der Waals surface area contributed by atoms with E-state index in [0.717, 1.165) is 0 Å². The molecule has 0 unspecified atom stereocenters. The molecule has 1 aromatic carbocycles. The molecule has 2 aromatic rings. The SMILES string of the molecule is O=C(OCc1ccccc1Cl)c1cccnc1SC(F)F. The summed E-state index contributed by atoms with van der Waals surface area (Å²) in [6.45, 7) is -0.0355. The Morgan fingerprint density at radius 3 is 2.76 bits per heavy atom. The van der Waals surface area contributed by atoms with Gasteiger partial charge in [-0.25, -0.2) is 9.78 Å². The van der Waals surface area contributed by atoms with Gasteiger partial charge in [0.05, 0.1) is 5.56 Å². The van der Waals surface area contributed by atoms with Crippen LogP contribution < -0.4 is 0 Å². The number of alkyl halides is 2. The van der Waals surface area contributed by atoms with Gasteiger partial charge in [0.15, 0.2) is 0 Å². The molecule has 0 saturated heterocycles. The molecule has 0 aliphatic heterocycles. The Hall–Kier alpha value is -1.66. The first-order valence-corrected chi connectivity index (χ1v) is 7.14. The summed E-state index contributed by atoms with van der Waals surface area (Å²) in [5.74, 6) is -3.37. The highest BCUT2D eigenvalue weighted by molar-refractivity contribution is 7.99. The van der Waals surface area contributed by atoms with Crippen LogP contribution in [0, 0.1) is 0 Å². The monoisotopic (exact) mass is 329 g/mol. The highest BCUT2D eigenvalue weighted by atomic mass is 35.5. The van der Waals surface area contributed by atoms with Gasteiger partial charge >= 0.3 is 5.97 Å². The maximum Gasteiger partial charge on any atom is 0.341 e. The zero-order valence-corrected chi connectivity index (χ0v) is 12.2.